The maximum Gasteiger partial charge on any atom is 0.330 e. The van der Waals surface area contributed by atoms with Gasteiger partial charge < -0.3 is 14.5 Å². The average molecular weight is 492 g/mol. The normalized spacial score (nSPS) is 10.8. The van der Waals surface area contributed by atoms with Gasteiger partial charge in [-0.05, 0) is 58.7 Å². The standard InChI is InChI=1S/C31H29N3O3/c1-33(2)28-16-14-26(15-17-28)25-12-9-23(10-13-25)22-34(31(36)27-7-5-4-6-8-27)29-19-24(20-32-21-29)11-18-30(35)37-3/h4-21H,22H2,1-3H3/b18-11+. The molecule has 0 aliphatic carbocycles. The lowest BCUT2D eigenvalue weighted by Gasteiger charge is -2.23. The summed E-state index contributed by atoms with van der Waals surface area (Å²) in [5.41, 5.74) is 6.25. The van der Waals surface area contributed by atoms with Gasteiger partial charge in [0.15, 0.2) is 0 Å². The summed E-state index contributed by atoms with van der Waals surface area (Å²) in [7, 11) is 5.37. The number of nitrogens with zero attached hydrogens (tertiary/aromatic N) is 3. The van der Waals surface area contributed by atoms with Crippen molar-refractivity contribution in [3.63, 3.8) is 0 Å². The number of ether oxygens (including phenoxy) is 1. The van der Waals surface area contributed by atoms with Gasteiger partial charge in [-0.3, -0.25) is 9.78 Å². The third kappa shape index (κ3) is 6.49. The van der Waals surface area contributed by atoms with Crippen LogP contribution in [0.1, 0.15) is 21.5 Å². The Morgan fingerprint density at radius 3 is 2.11 bits per heavy atom. The lowest BCUT2D eigenvalue weighted by molar-refractivity contribution is -0.134. The van der Waals surface area contributed by atoms with Gasteiger partial charge in [-0.2, -0.15) is 0 Å². The molecule has 37 heavy (non-hydrogen) atoms. The van der Waals surface area contributed by atoms with E-state index in [2.05, 4.69) is 51.0 Å². The van der Waals surface area contributed by atoms with Crippen molar-refractivity contribution in [2.45, 2.75) is 6.54 Å². The highest BCUT2D eigenvalue weighted by Crippen LogP contribution is 2.25. The van der Waals surface area contributed by atoms with Gasteiger partial charge in [0.2, 0.25) is 0 Å². The quantitative estimate of drug-likeness (QED) is 0.229. The zero-order chi connectivity index (χ0) is 26.2. The number of hydrogen-bond acceptors (Lipinski definition) is 5. The number of methoxy groups -OCH3 is 1. The molecular formula is C31H29N3O3. The molecule has 1 amide bonds. The zero-order valence-corrected chi connectivity index (χ0v) is 21.2. The summed E-state index contributed by atoms with van der Waals surface area (Å²) in [6, 6.07) is 27.6. The van der Waals surface area contributed by atoms with E-state index < -0.39 is 5.97 Å². The van der Waals surface area contributed by atoms with Crippen molar-refractivity contribution in [1.29, 1.82) is 0 Å². The first-order chi connectivity index (χ1) is 17.9. The van der Waals surface area contributed by atoms with Crippen LogP contribution in [0.15, 0.2) is 103 Å². The third-order valence-corrected chi connectivity index (χ3v) is 5.95. The number of esters is 1. The van der Waals surface area contributed by atoms with Crippen LogP contribution < -0.4 is 9.80 Å². The van der Waals surface area contributed by atoms with Crippen LogP contribution in [0.4, 0.5) is 11.4 Å². The van der Waals surface area contributed by atoms with E-state index >= 15 is 0 Å². The van der Waals surface area contributed by atoms with Crippen molar-refractivity contribution in [2.24, 2.45) is 0 Å². The molecule has 186 valence electrons. The Morgan fingerprint density at radius 2 is 1.49 bits per heavy atom. The lowest BCUT2D eigenvalue weighted by Crippen LogP contribution is -2.30. The van der Waals surface area contributed by atoms with Crippen LogP contribution in [0.3, 0.4) is 0 Å². The first-order valence-electron chi connectivity index (χ1n) is 11.9. The molecular weight excluding hydrogens is 462 g/mol. The van der Waals surface area contributed by atoms with Gasteiger partial charge in [-0.25, -0.2) is 4.79 Å². The van der Waals surface area contributed by atoms with E-state index in [0.29, 0.717) is 23.4 Å². The number of rotatable bonds is 8. The van der Waals surface area contributed by atoms with Gasteiger partial charge in [0.05, 0.1) is 25.5 Å². The minimum atomic E-state index is -0.459. The SMILES string of the molecule is COC(=O)/C=C/c1cncc(N(Cc2ccc(-c3ccc(N(C)C)cc3)cc2)C(=O)c2ccccc2)c1. The molecule has 6 nitrogen and oxygen atoms in total. The van der Waals surface area contributed by atoms with Crippen LogP contribution in [0.2, 0.25) is 0 Å². The fourth-order valence-corrected chi connectivity index (χ4v) is 3.87. The summed E-state index contributed by atoms with van der Waals surface area (Å²) in [4.78, 5) is 33.1. The second-order valence-corrected chi connectivity index (χ2v) is 8.73. The molecule has 0 bridgehead atoms. The van der Waals surface area contributed by atoms with Crippen LogP contribution in [-0.2, 0) is 16.1 Å². The zero-order valence-electron chi connectivity index (χ0n) is 21.2. The molecule has 0 N–H and O–H groups in total. The van der Waals surface area contributed by atoms with Gasteiger partial charge in [-0.15, -0.1) is 0 Å². The number of carbonyl (C=O) groups is 2. The fourth-order valence-electron chi connectivity index (χ4n) is 3.87. The molecule has 1 aromatic heterocycles. The Labute approximate surface area is 217 Å². The second-order valence-electron chi connectivity index (χ2n) is 8.73. The number of amides is 1. The van der Waals surface area contributed by atoms with Crippen LogP contribution in [0.5, 0.6) is 0 Å². The molecule has 0 spiro atoms. The van der Waals surface area contributed by atoms with Gasteiger partial charge in [0, 0.05) is 37.6 Å². The molecule has 0 aliphatic rings. The van der Waals surface area contributed by atoms with Crippen LogP contribution >= 0.6 is 0 Å². The number of anilines is 2. The monoisotopic (exact) mass is 491 g/mol. The Morgan fingerprint density at radius 1 is 0.838 bits per heavy atom. The van der Waals surface area contributed by atoms with Gasteiger partial charge in [0.1, 0.15) is 0 Å². The molecule has 1 heterocycles. The fraction of sp³-hybridized carbons (Fsp3) is 0.129. The Bertz CT molecular complexity index is 1380. The highest BCUT2D eigenvalue weighted by Gasteiger charge is 2.19. The van der Waals surface area contributed by atoms with Crippen molar-refractivity contribution in [1.82, 2.24) is 4.98 Å². The number of pyridine rings is 1. The van der Waals surface area contributed by atoms with Crippen molar-refractivity contribution in [2.75, 3.05) is 31.0 Å². The van der Waals surface area contributed by atoms with Crippen molar-refractivity contribution < 1.29 is 14.3 Å². The van der Waals surface area contributed by atoms with Gasteiger partial charge >= 0.3 is 5.97 Å². The van der Waals surface area contributed by atoms with E-state index in [-0.39, 0.29) is 5.91 Å². The summed E-state index contributed by atoms with van der Waals surface area (Å²) in [5, 5.41) is 0. The first kappa shape index (κ1) is 25.4. The van der Waals surface area contributed by atoms with E-state index in [1.807, 2.05) is 50.5 Å². The van der Waals surface area contributed by atoms with E-state index in [1.54, 1.807) is 35.5 Å². The minimum absolute atomic E-state index is 0.139. The first-order valence-corrected chi connectivity index (χ1v) is 11.9. The number of benzene rings is 3. The Balaban J connectivity index is 1.62. The number of carbonyl (C=O) groups excluding carboxylic acids is 2. The van der Waals surface area contributed by atoms with Crippen molar-refractivity contribution in [3.05, 3.63) is 120 Å². The molecule has 4 rings (SSSR count). The highest BCUT2D eigenvalue weighted by molar-refractivity contribution is 6.06. The molecule has 6 heteroatoms. The molecule has 4 aromatic rings. The maximum absolute atomic E-state index is 13.6. The molecule has 0 saturated heterocycles. The predicted octanol–water partition coefficient (Wildman–Crippen LogP) is 5.85. The highest BCUT2D eigenvalue weighted by atomic mass is 16.5. The third-order valence-electron chi connectivity index (χ3n) is 5.95. The summed E-state index contributed by atoms with van der Waals surface area (Å²) in [6.45, 7) is 0.361. The van der Waals surface area contributed by atoms with E-state index in [0.717, 1.165) is 22.4 Å². The Kier molecular flexibility index (Phi) is 8.11. The average Bonchev–Trinajstić information content (AvgIpc) is 2.95. The van der Waals surface area contributed by atoms with E-state index in [9.17, 15) is 9.59 Å². The molecule has 0 aliphatic heterocycles. The molecule has 0 saturated carbocycles. The summed E-state index contributed by atoms with van der Waals surface area (Å²) >= 11 is 0. The van der Waals surface area contributed by atoms with Crippen LogP contribution in [-0.4, -0.2) is 38.1 Å². The Hall–Kier alpha value is -4.71. The number of hydrogen-bond donors (Lipinski definition) is 0. The minimum Gasteiger partial charge on any atom is -0.466 e. The molecule has 0 radical (unpaired) electrons. The molecule has 3 aromatic carbocycles. The molecule has 0 unspecified atom stereocenters. The molecule has 0 atom stereocenters. The molecule has 0 fully saturated rings. The van der Waals surface area contributed by atoms with E-state index in [4.69, 9.17) is 0 Å². The second kappa shape index (κ2) is 11.8. The van der Waals surface area contributed by atoms with Gasteiger partial charge in [-0.1, -0.05) is 54.6 Å². The topological polar surface area (TPSA) is 62.7 Å². The number of aromatic nitrogens is 1. The van der Waals surface area contributed by atoms with Crippen molar-refractivity contribution in [3.8, 4) is 11.1 Å². The largest absolute Gasteiger partial charge is 0.466 e. The summed E-state index contributed by atoms with van der Waals surface area (Å²) < 4.78 is 4.67. The maximum atomic E-state index is 13.6. The summed E-state index contributed by atoms with van der Waals surface area (Å²) in [5.74, 6) is -0.598. The lowest BCUT2D eigenvalue weighted by atomic mass is 10.0. The summed E-state index contributed by atoms with van der Waals surface area (Å²) in [6.07, 6.45) is 6.22. The smallest absolute Gasteiger partial charge is 0.330 e. The van der Waals surface area contributed by atoms with E-state index in [1.165, 1.54) is 13.2 Å². The predicted molar refractivity (Wildman–Crippen MR) is 148 cm³/mol. The van der Waals surface area contributed by atoms with Crippen LogP contribution in [0.25, 0.3) is 17.2 Å². The van der Waals surface area contributed by atoms with Crippen LogP contribution in [0, 0.1) is 0 Å². The van der Waals surface area contributed by atoms with Gasteiger partial charge in [0.25, 0.3) is 5.91 Å². The van der Waals surface area contributed by atoms with Crippen molar-refractivity contribution >= 4 is 29.3 Å².